The van der Waals surface area contributed by atoms with Crippen molar-refractivity contribution in [1.82, 2.24) is 10.3 Å². The molecule has 0 bridgehead atoms. The molecule has 0 saturated heterocycles. The van der Waals surface area contributed by atoms with Crippen LogP contribution in [-0.2, 0) is 0 Å². The number of hydrogen-bond acceptors (Lipinski definition) is 4. The van der Waals surface area contributed by atoms with Gasteiger partial charge in [-0.3, -0.25) is 0 Å². The second kappa shape index (κ2) is 5.29. The first-order valence-corrected chi connectivity index (χ1v) is 5.96. The highest BCUT2D eigenvalue weighted by atomic mass is 16.3. The van der Waals surface area contributed by atoms with Gasteiger partial charge in [0.25, 0.3) is 0 Å². The molecule has 0 spiro atoms. The third-order valence-corrected chi connectivity index (χ3v) is 3.22. The van der Waals surface area contributed by atoms with E-state index in [0.717, 1.165) is 17.5 Å². The molecule has 0 amide bonds. The van der Waals surface area contributed by atoms with E-state index in [0.29, 0.717) is 18.5 Å². The summed E-state index contributed by atoms with van der Waals surface area (Å²) in [6.45, 7) is 2.92. The lowest BCUT2D eigenvalue weighted by atomic mass is 9.92. The zero-order chi connectivity index (χ0) is 12.3. The van der Waals surface area contributed by atoms with Crippen molar-refractivity contribution in [2.75, 3.05) is 13.6 Å². The third kappa shape index (κ3) is 2.48. The minimum absolute atomic E-state index is 0.299. The highest BCUT2D eigenvalue weighted by Gasteiger charge is 2.17. The highest BCUT2D eigenvalue weighted by molar-refractivity contribution is 5.72. The maximum atomic E-state index is 5.62. The van der Waals surface area contributed by atoms with Crippen LogP contribution >= 0.6 is 0 Å². The normalized spacial score (nSPS) is 15.0. The number of nitrogens with zero attached hydrogens (tertiary/aromatic N) is 1. The average molecular weight is 233 g/mol. The lowest BCUT2D eigenvalue weighted by Gasteiger charge is -2.23. The first-order chi connectivity index (χ1) is 8.26. The lowest BCUT2D eigenvalue weighted by molar-refractivity contribution is 0.392. The van der Waals surface area contributed by atoms with Crippen LogP contribution in [0.25, 0.3) is 11.1 Å². The molecular formula is C13H19N3O. The van der Waals surface area contributed by atoms with E-state index in [9.17, 15) is 0 Å². The van der Waals surface area contributed by atoms with E-state index in [1.165, 1.54) is 12.0 Å². The van der Waals surface area contributed by atoms with Crippen molar-refractivity contribution in [3.05, 3.63) is 30.2 Å². The summed E-state index contributed by atoms with van der Waals surface area (Å²) in [4.78, 5) is 4.12. The summed E-state index contributed by atoms with van der Waals surface area (Å²) in [7, 11) is 1.97. The summed E-state index contributed by atoms with van der Waals surface area (Å²) >= 11 is 0. The molecule has 0 saturated carbocycles. The molecule has 1 heterocycles. The van der Waals surface area contributed by atoms with Crippen molar-refractivity contribution in [3.8, 4) is 0 Å². The zero-order valence-electron chi connectivity index (χ0n) is 10.3. The minimum Gasteiger partial charge on any atom is -0.443 e. The van der Waals surface area contributed by atoms with Crippen LogP contribution in [0.5, 0.6) is 0 Å². The largest absolute Gasteiger partial charge is 0.443 e. The van der Waals surface area contributed by atoms with Crippen molar-refractivity contribution < 1.29 is 4.42 Å². The highest BCUT2D eigenvalue weighted by Crippen LogP contribution is 2.26. The fraction of sp³-hybridized carbons (Fsp3) is 0.462. The monoisotopic (exact) mass is 233 g/mol. The van der Waals surface area contributed by atoms with Crippen LogP contribution in [0.15, 0.2) is 29.0 Å². The summed E-state index contributed by atoms with van der Waals surface area (Å²) < 4.78 is 5.33. The molecule has 3 N–H and O–H groups in total. The van der Waals surface area contributed by atoms with E-state index in [2.05, 4.69) is 29.4 Å². The van der Waals surface area contributed by atoms with Gasteiger partial charge in [-0.1, -0.05) is 13.0 Å². The van der Waals surface area contributed by atoms with E-state index >= 15 is 0 Å². The molecule has 17 heavy (non-hydrogen) atoms. The molecule has 0 aliphatic heterocycles. The minimum atomic E-state index is 0.299. The summed E-state index contributed by atoms with van der Waals surface area (Å²) in [5.41, 5.74) is 8.57. The average Bonchev–Trinajstić information content (AvgIpc) is 2.77. The van der Waals surface area contributed by atoms with Gasteiger partial charge in [-0.05, 0) is 43.6 Å². The molecule has 0 aliphatic carbocycles. The molecule has 2 aromatic rings. The fourth-order valence-corrected chi connectivity index (χ4v) is 2.27. The Kier molecular flexibility index (Phi) is 3.76. The van der Waals surface area contributed by atoms with Gasteiger partial charge < -0.3 is 15.5 Å². The van der Waals surface area contributed by atoms with Gasteiger partial charge >= 0.3 is 0 Å². The van der Waals surface area contributed by atoms with Gasteiger partial charge in [-0.15, -0.1) is 0 Å². The maximum absolute atomic E-state index is 5.62. The second-order valence-corrected chi connectivity index (χ2v) is 4.40. The van der Waals surface area contributed by atoms with Gasteiger partial charge in [-0.25, -0.2) is 4.98 Å². The van der Waals surface area contributed by atoms with Gasteiger partial charge in [-0.2, -0.15) is 0 Å². The van der Waals surface area contributed by atoms with Crippen molar-refractivity contribution in [1.29, 1.82) is 0 Å². The lowest BCUT2D eigenvalue weighted by Crippen LogP contribution is -2.25. The van der Waals surface area contributed by atoms with Gasteiger partial charge in [0.05, 0.1) is 0 Å². The Morgan fingerprint density at radius 1 is 1.47 bits per heavy atom. The first kappa shape index (κ1) is 12.1. The molecular weight excluding hydrogens is 214 g/mol. The van der Waals surface area contributed by atoms with Crippen LogP contribution in [0.1, 0.15) is 24.9 Å². The smallest absolute Gasteiger partial charge is 0.181 e. The number of rotatable bonds is 5. The Morgan fingerprint density at radius 3 is 3.00 bits per heavy atom. The maximum Gasteiger partial charge on any atom is 0.181 e. The van der Waals surface area contributed by atoms with Crippen molar-refractivity contribution in [3.63, 3.8) is 0 Å². The van der Waals surface area contributed by atoms with E-state index in [1.54, 1.807) is 0 Å². The number of nitrogens with two attached hydrogens (primary N) is 1. The summed E-state index contributed by atoms with van der Waals surface area (Å²) in [5.74, 6) is 0.491. The second-order valence-electron chi connectivity index (χ2n) is 4.40. The molecule has 92 valence electrons. The summed E-state index contributed by atoms with van der Waals surface area (Å²) in [6, 6.07) is 6.44. The standard InChI is InChI=1S/C13H19N3O/c1-9(5-6-14)13(15-2)10-3-4-11-12(7-10)17-8-16-11/h3-4,7-9,13,15H,5-6,14H2,1-2H3. The van der Waals surface area contributed by atoms with E-state index in [-0.39, 0.29) is 0 Å². The first-order valence-electron chi connectivity index (χ1n) is 5.96. The molecule has 0 fully saturated rings. The van der Waals surface area contributed by atoms with Crippen molar-refractivity contribution in [2.24, 2.45) is 11.7 Å². The Labute approximate surface area is 101 Å². The third-order valence-electron chi connectivity index (χ3n) is 3.22. The fourth-order valence-electron chi connectivity index (χ4n) is 2.27. The molecule has 0 aliphatic rings. The Bertz CT molecular complexity index is 480. The zero-order valence-corrected chi connectivity index (χ0v) is 10.3. The van der Waals surface area contributed by atoms with Crippen LogP contribution < -0.4 is 11.1 Å². The molecule has 2 unspecified atom stereocenters. The summed E-state index contributed by atoms with van der Waals surface area (Å²) in [5, 5.41) is 3.34. The number of hydrogen-bond donors (Lipinski definition) is 2. The quantitative estimate of drug-likeness (QED) is 0.829. The molecule has 0 radical (unpaired) electrons. The Morgan fingerprint density at radius 2 is 2.29 bits per heavy atom. The van der Waals surface area contributed by atoms with E-state index in [1.807, 2.05) is 13.1 Å². The number of aromatic nitrogens is 1. The van der Waals surface area contributed by atoms with Crippen molar-refractivity contribution >= 4 is 11.1 Å². The summed E-state index contributed by atoms with van der Waals surface area (Å²) in [6.07, 6.45) is 2.48. The predicted molar refractivity (Wildman–Crippen MR) is 68.6 cm³/mol. The molecule has 2 rings (SSSR count). The molecule has 1 aromatic carbocycles. The molecule has 4 heteroatoms. The van der Waals surface area contributed by atoms with Crippen LogP contribution in [-0.4, -0.2) is 18.6 Å². The molecule has 4 nitrogen and oxygen atoms in total. The Hall–Kier alpha value is -1.39. The number of oxazole rings is 1. The molecule has 1 aromatic heterocycles. The topological polar surface area (TPSA) is 64.1 Å². The number of nitrogens with one attached hydrogen (secondary N) is 1. The van der Waals surface area contributed by atoms with Crippen LogP contribution in [0.3, 0.4) is 0 Å². The molecule has 2 atom stereocenters. The van der Waals surface area contributed by atoms with Crippen LogP contribution in [0, 0.1) is 5.92 Å². The van der Waals surface area contributed by atoms with Gasteiger partial charge in [0.15, 0.2) is 12.0 Å². The van der Waals surface area contributed by atoms with E-state index in [4.69, 9.17) is 10.2 Å². The van der Waals surface area contributed by atoms with Gasteiger partial charge in [0.2, 0.25) is 0 Å². The van der Waals surface area contributed by atoms with Gasteiger partial charge in [0, 0.05) is 6.04 Å². The van der Waals surface area contributed by atoms with E-state index < -0.39 is 0 Å². The van der Waals surface area contributed by atoms with Crippen LogP contribution in [0.4, 0.5) is 0 Å². The van der Waals surface area contributed by atoms with Gasteiger partial charge in [0.1, 0.15) is 5.52 Å². The van der Waals surface area contributed by atoms with Crippen molar-refractivity contribution in [2.45, 2.75) is 19.4 Å². The number of benzene rings is 1. The predicted octanol–water partition coefficient (Wildman–Crippen LogP) is 2.07. The number of fused-ring (bicyclic) bond motifs is 1. The van der Waals surface area contributed by atoms with Crippen LogP contribution in [0.2, 0.25) is 0 Å². The Balaban J connectivity index is 2.28. The SMILES string of the molecule is CNC(c1ccc2ncoc2c1)C(C)CCN.